The number of thioether (sulfide) groups is 1. The zero-order valence-corrected chi connectivity index (χ0v) is 14.3. The Kier molecular flexibility index (Phi) is 4.91. The van der Waals surface area contributed by atoms with Crippen molar-refractivity contribution in [2.45, 2.75) is 6.42 Å². The molecule has 25 heavy (non-hydrogen) atoms. The zero-order chi connectivity index (χ0) is 18.0. The molecule has 0 saturated carbocycles. The molecule has 0 radical (unpaired) electrons. The Bertz CT molecular complexity index is 883. The lowest BCUT2D eigenvalue weighted by Gasteiger charge is -2.12. The minimum absolute atomic E-state index is 0.0109. The number of hydrogen-bond acceptors (Lipinski definition) is 6. The van der Waals surface area contributed by atoms with Crippen molar-refractivity contribution >= 4 is 46.3 Å². The maximum absolute atomic E-state index is 14.2. The largest absolute Gasteiger partial charge is 0.481 e. The van der Waals surface area contributed by atoms with Crippen LogP contribution in [0.5, 0.6) is 0 Å². The van der Waals surface area contributed by atoms with Gasteiger partial charge in [0.15, 0.2) is 0 Å². The molecule has 0 bridgehead atoms. The number of carboxylic acid groups (broad SMARTS) is 1. The normalized spacial score (nSPS) is 16.0. The zero-order valence-electron chi connectivity index (χ0n) is 12.6. The number of thiocarbonyl (C=S) groups is 1. The second-order valence-electron chi connectivity index (χ2n) is 5.03. The van der Waals surface area contributed by atoms with Crippen LogP contribution in [-0.4, -0.2) is 47.5 Å². The van der Waals surface area contributed by atoms with Gasteiger partial charge in [-0.3, -0.25) is 14.5 Å². The average molecular weight is 378 g/mol. The highest BCUT2D eigenvalue weighted by molar-refractivity contribution is 8.26. The lowest BCUT2D eigenvalue weighted by atomic mass is 10.1. The van der Waals surface area contributed by atoms with Gasteiger partial charge in [-0.1, -0.05) is 30.0 Å². The summed E-state index contributed by atoms with van der Waals surface area (Å²) in [6, 6.07) is 4.45. The summed E-state index contributed by atoms with van der Waals surface area (Å²) in [6.45, 7) is 0.0109. The summed E-state index contributed by atoms with van der Waals surface area (Å²) in [4.78, 5) is 28.3. The lowest BCUT2D eigenvalue weighted by Crippen LogP contribution is -2.30. The number of halogens is 1. The molecule has 1 aromatic carbocycles. The van der Waals surface area contributed by atoms with Crippen molar-refractivity contribution in [3.05, 3.63) is 47.1 Å². The van der Waals surface area contributed by atoms with Gasteiger partial charge in [-0.2, -0.15) is 5.10 Å². The van der Waals surface area contributed by atoms with Gasteiger partial charge in [-0.25, -0.2) is 14.1 Å². The number of carbonyl (C=O) groups is 2. The quantitative estimate of drug-likeness (QED) is 0.629. The number of benzene rings is 1. The molecule has 1 fully saturated rings. The molecule has 0 spiro atoms. The van der Waals surface area contributed by atoms with Gasteiger partial charge < -0.3 is 5.11 Å². The van der Waals surface area contributed by atoms with Crippen LogP contribution in [0.15, 0.2) is 35.8 Å². The van der Waals surface area contributed by atoms with Crippen molar-refractivity contribution in [1.29, 1.82) is 0 Å². The molecule has 1 N–H and O–H groups in total. The van der Waals surface area contributed by atoms with Crippen molar-refractivity contribution < 1.29 is 19.1 Å². The Hall–Kier alpha value is -2.59. The first-order valence-corrected chi connectivity index (χ1v) is 8.30. The Morgan fingerprint density at radius 3 is 2.88 bits per heavy atom. The van der Waals surface area contributed by atoms with Crippen molar-refractivity contribution in [1.82, 2.24) is 19.7 Å². The van der Waals surface area contributed by atoms with Crippen molar-refractivity contribution in [3.8, 4) is 5.69 Å². The number of rotatable bonds is 5. The maximum atomic E-state index is 14.2. The van der Waals surface area contributed by atoms with Gasteiger partial charge in [0.2, 0.25) is 0 Å². The molecule has 10 heteroatoms. The van der Waals surface area contributed by atoms with Gasteiger partial charge in [0.1, 0.15) is 28.5 Å². The van der Waals surface area contributed by atoms with E-state index >= 15 is 0 Å². The molecule has 2 heterocycles. The predicted octanol–water partition coefficient (Wildman–Crippen LogP) is 2.08. The average Bonchev–Trinajstić information content (AvgIpc) is 3.16. The summed E-state index contributed by atoms with van der Waals surface area (Å²) >= 11 is 6.17. The molecule has 1 aliphatic rings. The lowest BCUT2D eigenvalue weighted by molar-refractivity contribution is -0.137. The molecule has 1 saturated heterocycles. The smallest absolute Gasteiger partial charge is 0.305 e. The van der Waals surface area contributed by atoms with Gasteiger partial charge in [0.25, 0.3) is 5.91 Å². The number of carboxylic acids is 1. The monoisotopic (exact) mass is 378 g/mol. The fourth-order valence-electron chi connectivity index (χ4n) is 2.18. The van der Waals surface area contributed by atoms with Gasteiger partial charge in [-0.05, 0) is 23.8 Å². The molecule has 1 aromatic heterocycles. The molecule has 1 amide bonds. The van der Waals surface area contributed by atoms with E-state index in [0.717, 1.165) is 11.8 Å². The van der Waals surface area contributed by atoms with Crippen LogP contribution in [0, 0.1) is 5.82 Å². The first-order valence-electron chi connectivity index (χ1n) is 7.07. The van der Waals surface area contributed by atoms with Crippen molar-refractivity contribution in [3.63, 3.8) is 0 Å². The molecule has 0 aliphatic carbocycles. The molecule has 128 valence electrons. The van der Waals surface area contributed by atoms with Gasteiger partial charge in [-0.15, -0.1) is 0 Å². The maximum Gasteiger partial charge on any atom is 0.305 e. The van der Waals surface area contributed by atoms with Crippen LogP contribution >= 0.6 is 24.0 Å². The first-order chi connectivity index (χ1) is 12.0. The summed E-state index contributed by atoms with van der Waals surface area (Å²) in [6.07, 6.45) is 4.01. The predicted molar refractivity (Wildman–Crippen MR) is 93.4 cm³/mol. The van der Waals surface area contributed by atoms with E-state index in [2.05, 4.69) is 10.1 Å². The minimum Gasteiger partial charge on any atom is -0.481 e. The van der Waals surface area contributed by atoms with E-state index in [4.69, 9.17) is 17.3 Å². The molecule has 0 unspecified atom stereocenters. The number of amides is 1. The number of aromatic nitrogens is 3. The van der Waals surface area contributed by atoms with Crippen molar-refractivity contribution in [2.75, 3.05) is 6.54 Å². The standard InChI is InChI=1S/C15H11FN4O3S2/c16-10-5-9(1-2-11(10)20-8-17-7-18-20)6-12-14(23)19(15(24)25-12)4-3-13(21)22/h1-2,5-8H,3-4H2,(H,21,22). The summed E-state index contributed by atoms with van der Waals surface area (Å²) in [5.74, 6) is -1.90. The van der Waals surface area contributed by atoms with E-state index in [-0.39, 0.29) is 28.9 Å². The molecule has 3 rings (SSSR count). The number of carbonyl (C=O) groups excluding carboxylic acids is 1. The van der Waals surface area contributed by atoms with Crippen LogP contribution in [0.1, 0.15) is 12.0 Å². The van der Waals surface area contributed by atoms with Crippen LogP contribution in [0.3, 0.4) is 0 Å². The van der Waals surface area contributed by atoms with Crippen LogP contribution in [-0.2, 0) is 9.59 Å². The minimum atomic E-state index is -1.01. The third-order valence-electron chi connectivity index (χ3n) is 3.36. The summed E-state index contributed by atoms with van der Waals surface area (Å²) in [5.41, 5.74) is 0.726. The van der Waals surface area contributed by atoms with Crippen molar-refractivity contribution in [2.24, 2.45) is 0 Å². The molecule has 1 aliphatic heterocycles. The highest BCUT2D eigenvalue weighted by Crippen LogP contribution is 2.32. The van der Waals surface area contributed by atoms with E-state index in [1.165, 1.54) is 40.4 Å². The molecular formula is C15H11FN4O3S2. The fraction of sp³-hybridized carbons (Fsp3) is 0.133. The topological polar surface area (TPSA) is 88.3 Å². The van der Waals surface area contributed by atoms with E-state index in [1.807, 2.05) is 0 Å². The van der Waals surface area contributed by atoms with Crippen LogP contribution in [0.2, 0.25) is 0 Å². The SMILES string of the molecule is O=C(O)CCN1C(=O)C(=Cc2ccc(-n3cncn3)c(F)c2)SC1=S. The third-order valence-corrected chi connectivity index (χ3v) is 4.74. The number of nitrogens with zero attached hydrogens (tertiary/aromatic N) is 4. The summed E-state index contributed by atoms with van der Waals surface area (Å²) < 4.78 is 15.8. The Morgan fingerprint density at radius 1 is 1.44 bits per heavy atom. The number of aliphatic carboxylic acids is 1. The Labute approximate surface area is 151 Å². The molecular weight excluding hydrogens is 367 g/mol. The molecule has 2 aromatic rings. The Morgan fingerprint density at radius 2 is 2.24 bits per heavy atom. The summed E-state index contributed by atoms with van der Waals surface area (Å²) in [5, 5.41) is 12.6. The van der Waals surface area contributed by atoms with Crippen LogP contribution in [0.25, 0.3) is 11.8 Å². The van der Waals surface area contributed by atoms with Crippen LogP contribution in [0.4, 0.5) is 4.39 Å². The van der Waals surface area contributed by atoms with Gasteiger partial charge in [0, 0.05) is 6.54 Å². The van der Waals surface area contributed by atoms with Gasteiger partial charge in [0.05, 0.1) is 11.3 Å². The number of hydrogen-bond donors (Lipinski definition) is 1. The van der Waals surface area contributed by atoms with Crippen LogP contribution < -0.4 is 0 Å². The van der Waals surface area contributed by atoms with E-state index in [0.29, 0.717) is 10.5 Å². The van der Waals surface area contributed by atoms with E-state index < -0.39 is 11.8 Å². The fourth-order valence-corrected chi connectivity index (χ4v) is 3.49. The molecule has 0 atom stereocenters. The Balaban J connectivity index is 1.81. The summed E-state index contributed by atoms with van der Waals surface area (Å²) in [7, 11) is 0. The molecule has 7 nitrogen and oxygen atoms in total. The second kappa shape index (κ2) is 7.11. The highest BCUT2D eigenvalue weighted by atomic mass is 32.2. The third kappa shape index (κ3) is 3.74. The second-order valence-corrected chi connectivity index (χ2v) is 6.70. The van der Waals surface area contributed by atoms with E-state index in [9.17, 15) is 14.0 Å². The van der Waals surface area contributed by atoms with E-state index in [1.54, 1.807) is 6.07 Å². The highest BCUT2D eigenvalue weighted by Gasteiger charge is 2.32. The first kappa shape index (κ1) is 17.2. The van der Waals surface area contributed by atoms with Gasteiger partial charge >= 0.3 is 5.97 Å².